The third kappa shape index (κ3) is 14.3. The number of rotatable bonds is 22. The Hall–Kier alpha value is -2.17. The molecule has 0 aromatic carbocycles. The molecule has 0 aliphatic carbocycles. The summed E-state index contributed by atoms with van der Waals surface area (Å²) in [6.45, 7) is 0.277. The highest BCUT2D eigenvalue weighted by molar-refractivity contribution is 8.13. The third-order valence-electron chi connectivity index (χ3n) is 7.30. The number of phosphoric acid groups is 3. The molecule has 312 valence electrons. The quantitative estimate of drug-likeness (QED) is 0.0353. The largest absolute Gasteiger partial charge is 0.481 e. The summed E-state index contributed by atoms with van der Waals surface area (Å²) in [5, 5.41) is 25.8. The van der Waals surface area contributed by atoms with Crippen molar-refractivity contribution in [3.8, 4) is 0 Å². The predicted octanol–water partition coefficient (Wildman–Crippen LogP) is -1.80. The van der Waals surface area contributed by atoms with Gasteiger partial charge in [-0.15, -0.1) is 0 Å². The van der Waals surface area contributed by atoms with Gasteiger partial charge in [0.25, 0.3) is 0 Å². The molecule has 1 aliphatic heterocycles. The number of aliphatic hydroxyl groups is 2. The summed E-state index contributed by atoms with van der Waals surface area (Å²) >= 11 is 1.30. The maximum Gasteiger partial charge on any atom is 0.481 e. The fourth-order valence-electron chi connectivity index (χ4n) is 4.54. The predicted molar refractivity (Wildman–Crippen MR) is 190 cm³/mol. The fourth-order valence-corrected chi connectivity index (χ4v) is 8.49. The van der Waals surface area contributed by atoms with Crippen LogP contribution in [0.25, 0.3) is 11.2 Å². The average molecular weight is 887 g/mol. The van der Waals surface area contributed by atoms with Crippen molar-refractivity contribution in [1.82, 2.24) is 30.2 Å². The van der Waals surface area contributed by atoms with Gasteiger partial charge in [-0.05, 0) is 12.0 Å². The number of carbonyl (C=O) groups is 3. The SMILES string of the molecule is CC(C)(COP(=O)(O)OP(=O)(O)OCC1OC(n2cnc3c(N)ncnc32)C(O)C1OP(=O)(O)O)C(O)C(=O)NCCC(=O)NCCSC(=O)C(N)CSO. The number of nitrogens with two attached hydrogens (primary N) is 2. The molecule has 8 atom stereocenters. The van der Waals surface area contributed by atoms with Crippen LogP contribution in [0.5, 0.6) is 0 Å². The number of anilines is 1. The summed E-state index contributed by atoms with van der Waals surface area (Å²) in [5.41, 5.74) is 9.78. The van der Waals surface area contributed by atoms with Crippen LogP contribution in [0.2, 0.25) is 0 Å². The van der Waals surface area contributed by atoms with Crippen LogP contribution in [0.4, 0.5) is 5.82 Å². The zero-order valence-electron chi connectivity index (χ0n) is 28.8. The number of aromatic nitrogens is 4. The molecule has 0 saturated carbocycles. The molecule has 2 aromatic rings. The van der Waals surface area contributed by atoms with Gasteiger partial charge in [-0.3, -0.25) is 32.5 Å². The second-order valence-corrected chi connectivity index (χ2v) is 18.1. The van der Waals surface area contributed by atoms with Gasteiger partial charge in [0.05, 0.1) is 25.6 Å². The maximum absolute atomic E-state index is 12.6. The summed E-state index contributed by atoms with van der Waals surface area (Å²) in [5.74, 6) is -1.33. The molecule has 2 amide bonds. The number of phosphoric ester groups is 3. The van der Waals surface area contributed by atoms with Crippen LogP contribution < -0.4 is 22.1 Å². The van der Waals surface area contributed by atoms with Crippen molar-refractivity contribution < 1.29 is 85.0 Å². The molecule has 3 rings (SSSR count). The van der Waals surface area contributed by atoms with Gasteiger partial charge in [-0.25, -0.2) is 28.6 Å². The molecule has 3 heterocycles. The number of nitrogen functional groups attached to an aromatic ring is 1. The molecule has 0 radical (unpaired) electrons. The maximum atomic E-state index is 12.6. The van der Waals surface area contributed by atoms with Gasteiger partial charge < -0.3 is 61.2 Å². The number of hydrogen-bond donors (Lipinski definition) is 11. The molecule has 1 aliphatic rings. The second-order valence-electron chi connectivity index (χ2n) is 12.1. The smallest absolute Gasteiger partial charge is 0.386 e. The standard InChI is InChI=1S/C24H41N8O18P3S2/c1-24(2,18(35)21(36)28-4-3-14(33)27-5-6-54-23(37)12(25)8-55-45)9-47-53(43,44)50-52(41,42)46-7-13-17(49-51(38,39)40)16(34)22(48-13)32-11-31-15-19(26)29-10-30-20(15)32/h10-13,16-18,22,34-35,45H,3-9,25H2,1-2H3,(H,27,33)(H,28,36)(H,41,42)(H,43,44)(H2,26,29,30)(H2,38,39,40). The van der Waals surface area contributed by atoms with Gasteiger partial charge in [-0.2, -0.15) is 4.31 Å². The highest BCUT2D eigenvalue weighted by atomic mass is 32.2. The minimum atomic E-state index is -5.58. The van der Waals surface area contributed by atoms with Crippen molar-refractivity contribution in [2.24, 2.45) is 11.1 Å². The van der Waals surface area contributed by atoms with Gasteiger partial charge >= 0.3 is 23.5 Å². The van der Waals surface area contributed by atoms with Gasteiger partial charge in [0, 0.05) is 36.4 Å². The number of carbonyl (C=O) groups excluding carboxylic acids is 3. The van der Waals surface area contributed by atoms with Crippen LogP contribution in [-0.2, 0) is 50.7 Å². The lowest BCUT2D eigenvalue weighted by Crippen LogP contribution is -2.46. The Balaban J connectivity index is 1.50. The van der Waals surface area contributed by atoms with Crippen LogP contribution in [-0.4, -0.2) is 139 Å². The van der Waals surface area contributed by atoms with Crippen LogP contribution >= 0.6 is 47.3 Å². The minimum absolute atomic E-state index is 0.0231. The average Bonchev–Trinajstić information content (AvgIpc) is 3.64. The molecule has 26 nitrogen and oxygen atoms in total. The van der Waals surface area contributed by atoms with Crippen molar-refractivity contribution in [3.05, 3.63) is 12.7 Å². The summed E-state index contributed by atoms with van der Waals surface area (Å²) in [6, 6.07) is -0.868. The molecule has 55 heavy (non-hydrogen) atoms. The van der Waals surface area contributed by atoms with E-state index in [1.165, 1.54) is 13.8 Å². The summed E-state index contributed by atoms with van der Waals surface area (Å²) in [4.78, 5) is 87.1. The van der Waals surface area contributed by atoms with Gasteiger partial charge in [0.2, 0.25) is 16.9 Å². The number of aliphatic hydroxyl groups excluding tert-OH is 2. The number of amides is 2. The Labute approximate surface area is 320 Å². The van der Waals surface area contributed by atoms with Crippen molar-refractivity contribution >= 4 is 81.2 Å². The zero-order valence-corrected chi connectivity index (χ0v) is 33.1. The number of hydrogen-bond acceptors (Lipinski definition) is 21. The molecule has 31 heteroatoms. The summed E-state index contributed by atoms with van der Waals surface area (Å²) in [7, 11) is -16.4. The zero-order chi connectivity index (χ0) is 41.4. The van der Waals surface area contributed by atoms with E-state index in [2.05, 4.69) is 34.4 Å². The lowest BCUT2D eigenvalue weighted by atomic mass is 9.87. The minimum Gasteiger partial charge on any atom is -0.386 e. The Kier molecular flexibility index (Phi) is 17.2. The molecule has 1 saturated heterocycles. The molecule has 0 bridgehead atoms. The summed E-state index contributed by atoms with van der Waals surface area (Å²) in [6.07, 6.45) is -7.04. The lowest BCUT2D eigenvalue weighted by molar-refractivity contribution is -0.137. The van der Waals surface area contributed by atoms with Crippen molar-refractivity contribution in [2.75, 3.05) is 43.5 Å². The number of nitrogens with one attached hydrogen (secondary N) is 2. The fraction of sp³-hybridized carbons (Fsp3) is 0.667. The summed E-state index contributed by atoms with van der Waals surface area (Å²) < 4.78 is 70.7. The first-order valence-corrected chi connectivity index (χ1v) is 22.0. The molecule has 13 N–H and O–H groups in total. The van der Waals surface area contributed by atoms with Crippen molar-refractivity contribution in [1.29, 1.82) is 0 Å². The number of nitrogens with zero attached hydrogens (tertiary/aromatic N) is 4. The Morgan fingerprint density at radius 1 is 1.07 bits per heavy atom. The number of fused-ring (bicyclic) bond motifs is 1. The first kappa shape index (κ1) is 47.2. The first-order chi connectivity index (χ1) is 25.5. The lowest BCUT2D eigenvalue weighted by Gasteiger charge is -2.30. The van der Waals surface area contributed by atoms with E-state index in [1.54, 1.807) is 0 Å². The molecule has 8 unspecified atom stereocenters. The Morgan fingerprint density at radius 2 is 1.75 bits per heavy atom. The topological polar surface area (TPSA) is 410 Å². The monoisotopic (exact) mass is 886 g/mol. The van der Waals surface area contributed by atoms with Gasteiger partial charge in [0.1, 0.15) is 36.3 Å². The second kappa shape index (κ2) is 20.0. The molecular weight excluding hydrogens is 845 g/mol. The van der Waals surface area contributed by atoms with Crippen LogP contribution in [0.15, 0.2) is 12.7 Å². The number of imidazole rings is 1. The van der Waals surface area contributed by atoms with E-state index in [9.17, 15) is 57.9 Å². The van der Waals surface area contributed by atoms with E-state index >= 15 is 0 Å². The first-order valence-electron chi connectivity index (χ1n) is 15.5. The molecule has 0 spiro atoms. The normalized spacial score (nSPS) is 22.4. The third-order valence-corrected chi connectivity index (χ3v) is 11.9. The molecule has 1 fully saturated rings. The molecule has 2 aromatic heterocycles. The van der Waals surface area contributed by atoms with E-state index in [1.807, 2.05) is 0 Å². The molecular formula is C24H41N8O18P3S2. The van der Waals surface area contributed by atoms with Crippen molar-refractivity contribution in [2.45, 2.75) is 57.0 Å². The van der Waals surface area contributed by atoms with E-state index in [0.29, 0.717) is 12.0 Å². The van der Waals surface area contributed by atoms with Gasteiger partial charge in [-0.1, -0.05) is 25.6 Å². The van der Waals surface area contributed by atoms with E-state index in [-0.39, 0.29) is 53.1 Å². The highest BCUT2D eigenvalue weighted by Crippen LogP contribution is 2.61. The number of thioether (sulfide) groups is 1. The highest BCUT2D eigenvalue weighted by Gasteiger charge is 2.50. The van der Waals surface area contributed by atoms with E-state index in [0.717, 1.165) is 29.0 Å². The van der Waals surface area contributed by atoms with Crippen LogP contribution in [0.1, 0.15) is 26.5 Å². The van der Waals surface area contributed by atoms with E-state index in [4.69, 9.17) is 29.8 Å². The van der Waals surface area contributed by atoms with Crippen LogP contribution in [0, 0.1) is 5.41 Å². The Morgan fingerprint density at radius 3 is 2.40 bits per heavy atom. The number of ether oxygens (including phenoxy) is 1. The van der Waals surface area contributed by atoms with E-state index < -0.39 is 90.6 Å². The Bertz CT molecular complexity index is 1800. The van der Waals surface area contributed by atoms with Crippen LogP contribution in [0.3, 0.4) is 0 Å². The van der Waals surface area contributed by atoms with Gasteiger partial charge in [0.15, 0.2) is 17.7 Å². The van der Waals surface area contributed by atoms with Crippen molar-refractivity contribution in [3.63, 3.8) is 0 Å².